The fourth-order valence-corrected chi connectivity index (χ4v) is 2.95. The van der Waals surface area contributed by atoms with Crippen molar-refractivity contribution in [2.45, 2.75) is 31.7 Å². The Kier molecular flexibility index (Phi) is 10.8. The van der Waals surface area contributed by atoms with E-state index < -0.39 is 0 Å². The summed E-state index contributed by atoms with van der Waals surface area (Å²) in [5, 5.41) is 6.64. The van der Waals surface area contributed by atoms with Crippen molar-refractivity contribution in [3.05, 3.63) is 30.3 Å². The number of benzene rings is 1. The lowest BCUT2D eigenvalue weighted by Gasteiger charge is -2.24. The van der Waals surface area contributed by atoms with E-state index in [0.717, 1.165) is 37.4 Å². The summed E-state index contributed by atoms with van der Waals surface area (Å²) in [5.41, 5.74) is 0. The molecule has 2 N–H and O–H groups in total. The van der Waals surface area contributed by atoms with E-state index in [1.807, 2.05) is 30.3 Å². The fourth-order valence-electron chi connectivity index (χ4n) is 2.95. The van der Waals surface area contributed by atoms with Crippen LogP contribution in [0.2, 0.25) is 0 Å². The molecule has 1 aliphatic rings. The largest absolute Gasteiger partial charge is 0.492 e. The van der Waals surface area contributed by atoms with Crippen LogP contribution in [0.5, 0.6) is 5.75 Å². The zero-order valence-corrected chi connectivity index (χ0v) is 17.2. The van der Waals surface area contributed by atoms with E-state index >= 15 is 0 Å². The van der Waals surface area contributed by atoms with Crippen LogP contribution in [0.3, 0.4) is 0 Å². The molecule has 1 fully saturated rings. The number of nitrogens with one attached hydrogen (secondary N) is 2. The van der Waals surface area contributed by atoms with Crippen molar-refractivity contribution in [3.8, 4) is 5.75 Å². The molecule has 0 heterocycles. The third-order valence-corrected chi connectivity index (χ3v) is 4.34. The van der Waals surface area contributed by atoms with Gasteiger partial charge in [-0.1, -0.05) is 31.0 Å². The molecule has 6 heteroatoms. The van der Waals surface area contributed by atoms with Crippen molar-refractivity contribution in [2.24, 2.45) is 4.99 Å². The van der Waals surface area contributed by atoms with Gasteiger partial charge in [0, 0.05) is 26.2 Å². The minimum Gasteiger partial charge on any atom is -0.492 e. The van der Waals surface area contributed by atoms with Crippen LogP contribution in [0.1, 0.15) is 25.7 Å². The van der Waals surface area contributed by atoms with Gasteiger partial charge in [-0.2, -0.15) is 0 Å². The molecular weight excluding hydrogens is 415 g/mol. The number of para-hydroxylation sites is 1. The van der Waals surface area contributed by atoms with Crippen molar-refractivity contribution < 1.29 is 4.74 Å². The van der Waals surface area contributed by atoms with Crippen molar-refractivity contribution in [1.29, 1.82) is 0 Å². The molecule has 0 aliphatic heterocycles. The van der Waals surface area contributed by atoms with E-state index in [4.69, 9.17) is 4.74 Å². The third-order valence-electron chi connectivity index (χ3n) is 4.34. The van der Waals surface area contributed by atoms with Crippen LogP contribution < -0.4 is 15.4 Å². The first kappa shape index (κ1) is 21.0. The topological polar surface area (TPSA) is 48.9 Å². The number of hydrogen-bond acceptors (Lipinski definition) is 3. The minimum atomic E-state index is 0. The molecule has 0 amide bonds. The van der Waals surface area contributed by atoms with E-state index in [2.05, 4.69) is 27.6 Å². The molecule has 2 rings (SSSR count). The Morgan fingerprint density at radius 1 is 1.17 bits per heavy atom. The van der Waals surface area contributed by atoms with Crippen LogP contribution in [0.25, 0.3) is 0 Å². The highest BCUT2D eigenvalue weighted by atomic mass is 127. The monoisotopic (exact) mass is 446 g/mol. The van der Waals surface area contributed by atoms with Gasteiger partial charge in [-0.15, -0.1) is 24.0 Å². The van der Waals surface area contributed by atoms with Gasteiger partial charge in [0.05, 0.1) is 6.54 Å². The minimum absolute atomic E-state index is 0. The quantitative estimate of drug-likeness (QED) is 0.279. The predicted molar refractivity (Wildman–Crippen MR) is 112 cm³/mol. The number of likely N-dealkylation sites (N-methyl/N-ethyl adjacent to an activating group) is 1. The molecule has 1 aromatic rings. The maximum Gasteiger partial charge on any atom is 0.191 e. The first-order valence-electron chi connectivity index (χ1n) is 8.62. The van der Waals surface area contributed by atoms with Gasteiger partial charge in [-0.25, -0.2) is 0 Å². The molecule has 1 aliphatic carbocycles. The summed E-state index contributed by atoms with van der Waals surface area (Å²) in [7, 11) is 4.02. The Morgan fingerprint density at radius 2 is 1.83 bits per heavy atom. The molecule has 1 aromatic carbocycles. The molecule has 0 unspecified atom stereocenters. The molecule has 0 radical (unpaired) electrons. The van der Waals surface area contributed by atoms with Crippen LogP contribution in [0, 0.1) is 0 Å². The normalized spacial score (nSPS) is 15.2. The molecule has 0 atom stereocenters. The Morgan fingerprint density at radius 3 is 2.50 bits per heavy atom. The second-order valence-corrected chi connectivity index (χ2v) is 6.01. The number of nitrogens with zero attached hydrogens (tertiary/aromatic N) is 2. The lowest BCUT2D eigenvalue weighted by atomic mass is 10.2. The molecule has 24 heavy (non-hydrogen) atoms. The SMILES string of the molecule is CN=C(NCCOc1ccccc1)NCCN(C)C1CCCC1.I. The number of aliphatic imine (C=N–C) groups is 1. The summed E-state index contributed by atoms with van der Waals surface area (Å²) in [6.45, 7) is 3.30. The van der Waals surface area contributed by atoms with Gasteiger partial charge >= 0.3 is 0 Å². The summed E-state index contributed by atoms with van der Waals surface area (Å²) in [6, 6.07) is 10.6. The van der Waals surface area contributed by atoms with Crippen LogP contribution in [-0.2, 0) is 0 Å². The number of rotatable bonds is 8. The Balaban J connectivity index is 0.00000288. The lowest BCUT2D eigenvalue weighted by Crippen LogP contribution is -2.43. The Hall–Kier alpha value is -1.02. The molecule has 0 spiro atoms. The predicted octanol–water partition coefficient (Wildman–Crippen LogP) is 2.72. The average Bonchev–Trinajstić information content (AvgIpc) is 3.12. The number of guanidine groups is 1. The second kappa shape index (κ2) is 12.4. The zero-order chi connectivity index (χ0) is 16.3. The van der Waals surface area contributed by atoms with Gasteiger partial charge in [0.1, 0.15) is 12.4 Å². The summed E-state index contributed by atoms with van der Waals surface area (Å²) in [5.74, 6) is 1.73. The molecule has 0 bridgehead atoms. The maximum absolute atomic E-state index is 5.66. The van der Waals surface area contributed by atoms with Crippen molar-refractivity contribution in [3.63, 3.8) is 0 Å². The highest BCUT2D eigenvalue weighted by molar-refractivity contribution is 14.0. The van der Waals surface area contributed by atoms with Crippen molar-refractivity contribution in [2.75, 3.05) is 40.3 Å². The molecule has 5 nitrogen and oxygen atoms in total. The number of ether oxygens (including phenoxy) is 1. The van der Waals surface area contributed by atoms with Gasteiger partial charge < -0.3 is 20.3 Å². The maximum atomic E-state index is 5.66. The number of halogens is 1. The molecule has 0 aromatic heterocycles. The molecule has 1 saturated carbocycles. The van der Waals surface area contributed by atoms with Crippen LogP contribution in [-0.4, -0.2) is 57.2 Å². The van der Waals surface area contributed by atoms with Gasteiger partial charge in [0.2, 0.25) is 0 Å². The Bertz CT molecular complexity index is 463. The van der Waals surface area contributed by atoms with Gasteiger partial charge in [0.25, 0.3) is 0 Å². The highest BCUT2D eigenvalue weighted by Gasteiger charge is 2.18. The van der Waals surface area contributed by atoms with Gasteiger partial charge in [-0.3, -0.25) is 4.99 Å². The molecule has 136 valence electrons. The van der Waals surface area contributed by atoms with Gasteiger partial charge in [0.15, 0.2) is 5.96 Å². The standard InChI is InChI=1S/C18H30N4O.HI/c1-19-18(20-12-14-22(2)16-8-6-7-9-16)21-13-15-23-17-10-4-3-5-11-17;/h3-5,10-11,16H,6-9,12-15H2,1-2H3,(H2,19,20,21);1H. The van der Waals surface area contributed by atoms with Crippen LogP contribution in [0.4, 0.5) is 0 Å². The van der Waals surface area contributed by atoms with E-state index in [-0.39, 0.29) is 24.0 Å². The van der Waals surface area contributed by atoms with Crippen LogP contribution in [0.15, 0.2) is 35.3 Å². The fraction of sp³-hybridized carbons (Fsp3) is 0.611. The van der Waals surface area contributed by atoms with E-state index in [0.29, 0.717) is 6.61 Å². The first-order valence-corrected chi connectivity index (χ1v) is 8.62. The summed E-state index contributed by atoms with van der Waals surface area (Å²) < 4.78 is 5.66. The second-order valence-electron chi connectivity index (χ2n) is 6.01. The summed E-state index contributed by atoms with van der Waals surface area (Å²) in [6.07, 6.45) is 5.46. The average molecular weight is 446 g/mol. The number of hydrogen-bond donors (Lipinski definition) is 2. The summed E-state index contributed by atoms with van der Waals surface area (Å²) in [4.78, 5) is 6.71. The highest BCUT2D eigenvalue weighted by Crippen LogP contribution is 2.21. The van der Waals surface area contributed by atoms with Crippen molar-refractivity contribution >= 4 is 29.9 Å². The smallest absolute Gasteiger partial charge is 0.191 e. The molecule has 0 saturated heterocycles. The van der Waals surface area contributed by atoms with Crippen LogP contribution >= 0.6 is 24.0 Å². The van der Waals surface area contributed by atoms with E-state index in [9.17, 15) is 0 Å². The van der Waals surface area contributed by atoms with Gasteiger partial charge in [-0.05, 0) is 32.0 Å². The third kappa shape index (κ3) is 7.70. The molecular formula is C18H31IN4O. The van der Waals surface area contributed by atoms with E-state index in [1.165, 1.54) is 25.7 Å². The zero-order valence-electron chi connectivity index (χ0n) is 14.8. The lowest BCUT2D eigenvalue weighted by molar-refractivity contribution is 0.249. The van der Waals surface area contributed by atoms with Crippen molar-refractivity contribution in [1.82, 2.24) is 15.5 Å². The van der Waals surface area contributed by atoms with E-state index in [1.54, 1.807) is 7.05 Å². The Labute approximate surface area is 163 Å². The first-order chi connectivity index (χ1) is 11.3. The summed E-state index contributed by atoms with van der Waals surface area (Å²) >= 11 is 0.